The van der Waals surface area contributed by atoms with Crippen LogP contribution in [0.4, 0.5) is 4.79 Å². The summed E-state index contributed by atoms with van der Waals surface area (Å²) in [5, 5.41) is 10.4. The molecule has 0 bridgehead atoms. The van der Waals surface area contributed by atoms with Gasteiger partial charge in [0.1, 0.15) is 12.6 Å². The predicted octanol–water partition coefficient (Wildman–Crippen LogP) is 3.02. The average molecular weight is 321 g/mol. The monoisotopic (exact) mass is 321 g/mol. The second-order valence-electron chi connectivity index (χ2n) is 7.11. The van der Waals surface area contributed by atoms with Crippen molar-refractivity contribution in [1.29, 1.82) is 0 Å². The molecular formula is C18H27NO4. The van der Waals surface area contributed by atoms with Gasteiger partial charge in [-0.05, 0) is 31.6 Å². The summed E-state index contributed by atoms with van der Waals surface area (Å²) in [7, 11) is 0. The van der Waals surface area contributed by atoms with Crippen molar-refractivity contribution in [2.75, 3.05) is 6.61 Å². The lowest BCUT2D eigenvalue weighted by atomic mass is 9.88. The third kappa shape index (κ3) is 3.77. The van der Waals surface area contributed by atoms with Crippen LogP contribution in [0.1, 0.15) is 57.8 Å². The molecule has 1 aliphatic heterocycles. The van der Waals surface area contributed by atoms with Crippen LogP contribution in [-0.4, -0.2) is 40.8 Å². The van der Waals surface area contributed by atoms with Crippen molar-refractivity contribution in [3.8, 4) is 0 Å². The maximum absolute atomic E-state index is 12.6. The Morgan fingerprint density at radius 1 is 1.13 bits per heavy atom. The van der Waals surface area contributed by atoms with Gasteiger partial charge in [-0.15, -0.1) is 0 Å². The molecule has 1 saturated heterocycles. The van der Waals surface area contributed by atoms with E-state index in [9.17, 15) is 14.7 Å². The van der Waals surface area contributed by atoms with Gasteiger partial charge >= 0.3 is 6.09 Å². The highest BCUT2D eigenvalue weighted by Crippen LogP contribution is 2.30. The Bertz CT molecular complexity index is 464. The molecule has 2 saturated carbocycles. The molecule has 23 heavy (non-hydrogen) atoms. The predicted molar refractivity (Wildman–Crippen MR) is 85.7 cm³/mol. The first-order chi connectivity index (χ1) is 11.2. The number of imide groups is 1. The quantitative estimate of drug-likeness (QED) is 0.808. The Kier molecular flexibility index (Phi) is 5.36. The van der Waals surface area contributed by atoms with E-state index in [0.29, 0.717) is 5.92 Å². The SMILES string of the molecule is O=C1OC[C@@H]([C@H](O)/C=C/C2CCCCC2)N1C(=O)C1CCCC1. The number of nitrogens with zero attached hydrogens (tertiary/aromatic N) is 1. The zero-order chi connectivity index (χ0) is 16.2. The lowest BCUT2D eigenvalue weighted by molar-refractivity contribution is -0.134. The lowest BCUT2D eigenvalue weighted by Crippen LogP contribution is -2.47. The summed E-state index contributed by atoms with van der Waals surface area (Å²) in [6, 6.07) is -0.574. The molecule has 3 fully saturated rings. The summed E-state index contributed by atoms with van der Waals surface area (Å²) in [5.74, 6) is 0.258. The Morgan fingerprint density at radius 2 is 1.78 bits per heavy atom. The standard InChI is InChI=1S/C18H27NO4/c20-16(11-10-13-6-2-1-3-7-13)15-12-23-18(22)19(15)17(21)14-8-4-5-9-14/h10-11,13-16,20H,1-9,12H2/b11-10+/t15-,16+/m0/s1. The average Bonchev–Trinajstić information content (AvgIpc) is 3.23. The molecule has 0 aromatic heterocycles. The van der Waals surface area contributed by atoms with Crippen molar-refractivity contribution >= 4 is 12.0 Å². The van der Waals surface area contributed by atoms with Gasteiger partial charge in [0.15, 0.2) is 0 Å². The van der Waals surface area contributed by atoms with E-state index in [2.05, 4.69) is 6.08 Å². The number of rotatable bonds is 4. The first kappa shape index (κ1) is 16.5. The van der Waals surface area contributed by atoms with Crippen molar-refractivity contribution in [3.63, 3.8) is 0 Å². The Hall–Kier alpha value is -1.36. The molecule has 2 atom stereocenters. The summed E-state index contributed by atoms with van der Waals surface area (Å²) in [6.07, 6.45) is 12.2. The van der Waals surface area contributed by atoms with Gasteiger partial charge in [0.2, 0.25) is 5.91 Å². The molecule has 0 aromatic rings. The fourth-order valence-electron chi connectivity index (χ4n) is 4.04. The summed E-state index contributed by atoms with van der Waals surface area (Å²) in [4.78, 5) is 25.7. The summed E-state index contributed by atoms with van der Waals surface area (Å²) in [6.45, 7) is 0.0907. The van der Waals surface area contributed by atoms with Crippen LogP contribution in [-0.2, 0) is 9.53 Å². The molecule has 3 rings (SSSR count). The van der Waals surface area contributed by atoms with Crippen LogP contribution in [0.15, 0.2) is 12.2 Å². The van der Waals surface area contributed by atoms with Crippen LogP contribution in [0.5, 0.6) is 0 Å². The molecule has 5 heteroatoms. The van der Waals surface area contributed by atoms with Crippen LogP contribution in [0.25, 0.3) is 0 Å². The summed E-state index contributed by atoms with van der Waals surface area (Å²) < 4.78 is 5.04. The molecule has 1 N–H and O–H groups in total. The van der Waals surface area contributed by atoms with Crippen molar-refractivity contribution in [2.24, 2.45) is 11.8 Å². The first-order valence-corrected chi connectivity index (χ1v) is 9.03. The van der Waals surface area contributed by atoms with Crippen LogP contribution in [0.2, 0.25) is 0 Å². The van der Waals surface area contributed by atoms with E-state index in [0.717, 1.165) is 38.5 Å². The number of cyclic esters (lactones) is 1. The van der Waals surface area contributed by atoms with E-state index in [1.54, 1.807) is 6.08 Å². The zero-order valence-corrected chi connectivity index (χ0v) is 13.7. The Balaban J connectivity index is 1.63. The molecule has 128 valence electrons. The van der Waals surface area contributed by atoms with Gasteiger partial charge in [-0.2, -0.15) is 0 Å². The van der Waals surface area contributed by atoms with Gasteiger partial charge in [0, 0.05) is 5.92 Å². The molecule has 2 aliphatic carbocycles. The highest BCUT2D eigenvalue weighted by molar-refractivity contribution is 5.95. The smallest absolute Gasteiger partial charge is 0.417 e. The number of hydrogen-bond acceptors (Lipinski definition) is 4. The third-order valence-corrected chi connectivity index (χ3v) is 5.47. The van der Waals surface area contributed by atoms with E-state index < -0.39 is 18.2 Å². The van der Waals surface area contributed by atoms with Gasteiger partial charge in [0.05, 0.1) is 6.10 Å². The van der Waals surface area contributed by atoms with Crippen molar-refractivity contribution in [3.05, 3.63) is 12.2 Å². The summed E-state index contributed by atoms with van der Waals surface area (Å²) in [5.41, 5.74) is 0. The number of carbonyl (C=O) groups is 2. The van der Waals surface area contributed by atoms with Gasteiger partial charge in [-0.3, -0.25) is 4.79 Å². The zero-order valence-electron chi connectivity index (χ0n) is 13.7. The van der Waals surface area contributed by atoms with E-state index in [1.165, 1.54) is 24.2 Å². The van der Waals surface area contributed by atoms with E-state index >= 15 is 0 Å². The van der Waals surface area contributed by atoms with Crippen molar-refractivity contribution in [1.82, 2.24) is 4.90 Å². The second kappa shape index (κ2) is 7.47. The lowest BCUT2D eigenvalue weighted by Gasteiger charge is -2.25. The minimum Gasteiger partial charge on any atom is -0.447 e. The highest BCUT2D eigenvalue weighted by Gasteiger charge is 2.43. The van der Waals surface area contributed by atoms with Crippen LogP contribution >= 0.6 is 0 Å². The molecular weight excluding hydrogens is 294 g/mol. The summed E-state index contributed by atoms with van der Waals surface area (Å²) >= 11 is 0. The second-order valence-corrected chi connectivity index (χ2v) is 7.11. The Labute approximate surface area is 137 Å². The number of ether oxygens (including phenoxy) is 1. The molecule has 0 unspecified atom stereocenters. The number of aliphatic hydroxyl groups is 1. The number of carbonyl (C=O) groups excluding carboxylic acids is 2. The molecule has 0 spiro atoms. The molecule has 0 aromatic carbocycles. The van der Waals surface area contributed by atoms with Gasteiger partial charge in [-0.1, -0.05) is 44.3 Å². The largest absolute Gasteiger partial charge is 0.447 e. The molecule has 3 aliphatic rings. The minimum atomic E-state index is -0.839. The van der Waals surface area contributed by atoms with E-state index in [4.69, 9.17) is 4.74 Å². The van der Waals surface area contributed by atoms with Gasteiger partial charge in [0.25, 0.3) is 0 Å². The maximum Gasteiger partial charge on any atom is 0.417 e. The topological polar surface area (TPSA) is 66.8 Å². The van der Waals surface area contributed by atoms with Crippen molar-refractivity contribution < 1.29 is 19.4 Å². The van der Waals surface area contributed by atoms with Crippen LogP contribution in [0, 0.1) is 11.8 Å². The number of aliphatic hydroxyl groups excluding tert-OH is 1. The van der Waals surface area contributed by atoms with Crippen LogP contribution < -0.4 is 0 Å². The fraction of sp³-hybridized carbons (Fsp3) is 0.778. The van der Waals surface area contributed by atoms with Gasteiger partial charge < -0.3 is 9.84 Å². The number of hydrogen-bond donors (Lipinski definition) is 1. The minimum absolute atomic E-state index is 0.0855. The van der Waals surface area contributed by atoms with Crippen molar-refractivity contribution in [2.45, 2.75) is 69.9 Å². The maximum atomic E-state index is 12.6. The number of amides is 2. The van der Waals surface area contributed by atoms with Gasteiger partial charge in [-0.25, -0.2) is 9.69 Å². The number of allylic oxidation sites excluding steroid dienone is 1. The van der Waals surface area contributed by atoms with E-state index in [-0.39, 0.29) is 18.4 Å². The first-order valence-electron chi connectivity index (χ1n) is 9.03. The fourth-order valence-corrected chi connectivity index (χ4v) is 4.04. The van der Waals surface area contributed by atoms with E-state index in [1.807, 2.05) is 0 Å². The molecule has 0 radical (unpaired) electrons. The molecule has 2 amide bonds. The third-order valence-electron chi connectivity index (χ3n) is 5.47. The molecule has 1 heterocycles. The normalized spacial score (nSPS) is 28.5. The Morgan fingerprint density at radius 3 is 2.48 bits per heavy atom. The molecule has 5 nitrogen and oxygen atoms in total. The van der Waals surface area contributed by atoms with Crippen LogP contribution in [0.3, 0.4) is 0 Å². The highest BCUT2D eigenvalue weighted by atomic mass is 16.6.